The first-order valence-electron chi connectivity index (χ1n) is 14.8. The van der Waals surface area contributed by atoms with E-state index in [1.807, 2.05) is 100 Å². The van der Waals surface area contributed by atoms with E-state index in [9.17, 15) is 18.0 Å². The molecule has 4 aromatic carbocycles. The van der Waals surface area contributed by atoms with Crippen molar-refractivity contribution >= 4 is 27.5 Å². The molecule has 0 unspecified atom stereocenters. The number of sulfonamides is 1. The van der Waals surface area contributed by atoms with Gasteiger partial charge in [0.2, 0.25) is 11.8 Å². The summed E-state index contributed by atoms with van der Waals surface area (Å²) >= 11 is 0. The van der Waals surface area contributed by atoms with Gasteiger partial charge in [0.05, 0.1) is 10.6 Å². The molecule has 4 aromatic rings. The van der Waals surface area contributed by atoms with Gasteiger partial charge in [-0.2, -0.15) is 0 Å². The minimum atomic E-state index is -4.14. The number of rotatable bonds is 12. The molecule has 7 nitrogen and oxygen atoms in total. The zero-order chi connectivity index (χ0) is 31.7. The molecular weight excluding hydrogens is 570 g/mol. The number of carbonyl (C=O) groups is 2. The van der Waals surface area contributed by atoms with Crippen molar-refractivity contribution in [1.82, 2.24) is 10.2 Å². The highest BCUT2D eigenvalue weighted by molar-refractivity contribution is 7.92. The van der Waals surface area contributed by atoms with Gasteiger partial charge in [-0.1, -0.05) is 104 Å². The van der Waals surface area contributed by atoms with Gasteiger partial charge >= 0.3 is 0 Å². The van der Waals surface area contributed by atoms with E-state index in [4.69, 9.17) is 0 Å². The molecule has 0 aliphatic rings. The zero-order valence-electron chi connectivity index (χ0n) is 25.8. The monoisotopic (exact) mass is 611 g/mol. The number of hydrogen-bond acceptors (Lipinski definition) is 4. The number of anilines is 1. The minimum absolute atomic E-state index is 0.0830. The second-order valence-corrected chi connectivity index (χ2v) is 13.6. The van der Waals surface area contributed by atoms with Crippen LogP contribution in [0.1, 0.15) is 44.4 Å². The lowest BCUT2D eigenvalue weighted by atomic mass is 10.0. The summed E-state index contributed by atoms with van der Waals surface area (Å²) in [5.41, 5.74) is 2.40. The molecule has 230 valence electrons. The van der Waals surface area contributed by atoms with Crippen LogP contribution in [0.15, 0.2) is 120 Å². The fourth-order valence-corrected chi connectivity index (χ4v) is 6.55. The third-order valence-electron chi connectivity index (χ3n) is 7.22. The highest BCUT2D eigenvalue weighted by Gasteiger charge is 2.36. The van der Waals surface area contributed by atoms with Crippen LogP contribution in [0.4, 0.5) is 5.69 Å². The molecule has 0 spiro atoms. The van der Waals surface area contributed by atoms with Crippen molar-refractivity contribution < 1.29 is 18.0 Å². The van der Waals surface area contributed by atoms with Crippen molar-refractivity contribution in [1.29, 1.82) is 0 Å². The molecule has 1 atom stereocenters. The number of benzene rings is 4. The van der Waals surface area contributed by atoms with E-state index in [0.717, 1.165) is 16.7 Å². The molecule has 0 aliphatic carbocycles. The summed E-state index contributed by atoms with van der Waals surface area (Å²) < 4.78 is 29.5. The standard InChI is InChI=1S/C36H41N3O4S/c1-5-30-21-15-16-24-32(30)39(44(42,43)31-22-13-8-14-23-31)27-34(40)38(26-29-19-11-7-12-20-29)33(35(41)37-36(2,3)4)25-28-17-9-6-10-18-28/h6-24,33H,5,25-27H2,1-4H3,(H,37,41)/t33-/m1/s1. The average Bonchev–Trinajstić information content (AvgIpc) is 3.02. The molecular formula is C36H41N3O4S. The fourth-order valence-electron chi connectivity index (χ4n) is 5.07. The minimum Gasteiger partial charge on any atom is -0.350 e. The fraction of sp³-hybridized carbons (Fsp3) is 0.278. The van der Waals surface area contributed by atoms with Crippen LogP contribution in [0.2, 0.25) is 0 Å². The van der Waals surface area contributed by atoms with Gasteiger partial charge in [-0.15, -0.1) is 0 Å². The number of hydrogen-bond donors (Lipinski definition) is 1. The van der Waals surface area contributed by atoms with Crippen molar-refractivity contribution in [2.45, 2.75) is 63.6 Å². The van der Waals surface area contributed by atoms with E-state index in [2.05, 4.69) is 5.32 Å². The van der Waals surface area contributed by atoms with Crippen LogP contribution < -0.4 is 9.62 Å². The Morgan fingerprint density at radius 3 is 1.84 bits per heavy atom. The molecule has 2 amide bonds. The molecule has 0 radical (unpaired) electrons. The van der Waals surface area contributed by atoms with Gasteiger partial charge in [-0.05, 0) is 62.1 Å². The molecule has 44 heavy (non-hydrogen) atoms. The first kappa shape index (κ1) is 32.5. The molecule has 0 aromatic heterocycles. The van der Waals surface area contributed by atoms with Gasteiger partial charge in [0, 0.05) is 18.5 Å². The van der Waals surface area contributed by atoms with Gasteiger partial charge in [-0.3, -0.25) is 13.9 Å². The summed E-state index contributed by atoms with van der Waals surface area (Å²) in [7, 11) is -4.14. The van der Waals surface area contributed by atoms with Gasteiger partial charge < -0.3 is 10.2 Å². The molecule has 0 heterocycles. The maximum Gasteiger partial charge on any atom is 0.264 e. The molecule has 0 aliphatic heterocycles. The van der Waals surface area contributed by atoms with Gasteiger partial charge in [0.1, 0.15) is 12.6 Å². The Morgan fingerprint density at radius 2 is 1.27 bits per heavy atom. The summed E-state index contributed by atoms with van der Waals surface area (Å²) in [4.78, 5) is 30.1. The number of amides is 2. The van der Waals surface area contributed by atoms with Crippen molar-refractivity contribution in [2.24, 2.45) is 0 Å². The third kappa shape index (κ3) is 8.35. The lowest BCUT2D eigenvalue weighted by Gasteiger charge is -2.35. The topological polar surface area (TPSA) is 86.8 Å². The lowest BCUT2D eigenvalue weighted by Crippen LogP contribution is -2.56. The van der Waals surface area contributed by atoms with Crippen LogP contribution in [0.25, 0.3) is 0 Å². The van der Waals surface area contributed by atoms with Gasteiger partial charge in [0.25, 0.3) is 10.0 Å². The molecule has 1 N–H and O–H groups in total. The highest BCUT2D eigenvalue weighted by atomic mass is 32.2. The van der Waals surface area contributed by atoms with E-state index in [-0.39, 0.29) is 23.8 Å². The van der Waals surface area contributed by atoms with E-state index in [1.54, 1.807) is 30.3 Å². The molecule has 0 bridgehead atoms. The van der Waals surface area contributed by atoms with Gasteiger partial charge in [0.15, 0.2) is 0 Å². The highest BCUT2D eigenvalue weighted by Crippen LogP contribution is 2.28. The van der Waals surface area contributed by atoms with E-state index < -0.39 is 34.1 Å². The van der Waals surface area contributed by atoms with Crippen LogP contribution in [0.3, 0.4) is 0 Å². The lowest BCUT2D eigenvalue weighted by molar-refractivity contribution is -0.140. The Hall–Kier alpha value is -4.43. The first-order valence-corrected chi connectivity index (χ1v) is 16.3. The first-order chi connectivity index (χ1) is 21.0. The molecule has 0 saturated heterocycles. The summed E-state index contributed by atoms with van der Waals surface area (Å²) in [5.74, 6) is -0.790. The van der Waals surface area contributed by atoms with Crippen LogP contribution >= 0.6 is 0 Å². The molecule has 0 fully saturated rings. The van der Waals surface area contributed by atoms with Crippen LogP contribution in [0.5, 0.6) is 0 Å². The molecule has 8 heteroatoms. The smallest absolute Gasteiger partial charge is 0.264 e. The van der Waals surface area contributed by atoms with Crippen LogP contribution in [-0.4, -0.2) is 43.3 Å². The normalized spacial score (nSPS) is 12.3. The maximum atomic E-state index is 14.6. The Kier molecular flexibility index (Phi) is 10.6. The third-order valence-corrected chi connectivity index (χ3v) is 8.99. The molecule has 4 rings (SSSR count). The number of carbonyl (C=O) groups excluding carboxylic acids is 2. The van der Waals surface area contributed by atoms with Gasteiger partial charge in [-0.25, -0.2) is 8.42 Å². The summed E-state index contributed by atoms with van der Waals surface area (Å²) in [6.45, 7) is 7.28. The van der Waals surface area contributed by atoms with E-state index in [1.165, 1.54) is 21.3 Å². The number of para-hydroxylation sites is 1. The molecule has 0 saturated carbocycles. The second-order valence-electron chi connectivity index (χ2n) is 11.8. The van der Waals surface area contributed by atoms with Crippen molar-refractivity contribution in [3.63, 3.8) is 0 Å². The largest absolute Gasteiger partial charge is 0.350 e. The Bertz CT molecular complexity index is 1640. The van der Waals surface area contributed by atoms with E-state index >= 15 is 0 Å². The Balaban J connectivity index is 1.82. The average molecular weight is 612 g/mol. The van der Waals surface area contributed by atoms with Crippen LogP contribution in [0, 0.1) is 0 Å². The summed E-state index contributed by atoms with van der Waals surface area (Å²) in [6.07, 6.45) is 0.835. The zero-order valence-corrected chi connectivity index (χ0v) is 26.6. The second kappa shape index (κ2) is 14.4. The Labute approximate surface area is 261 Å². The van der Waals surface area contributed by atoms with Crippen molar-refractivity contribution in [3.8, 4) is 0 Å². The van der Waals surface area contributed by atoms with E-state index in [0.29, 0.717) is 12.1 Å². The maximum absolute atomic E-state index is 14.6. The number of nitrogens with zero attached hydrogens (tertiary/aromatic N) is 2. The van der Waals surface area contributed by atoms with Crippen LogP contribution in [-0.2, 0) is 39.0 Å². The predicted octanol–water partition coefficient (Wildman–Crippen LogP) is 6.00. The predicted molar refractivity (Wildman–Crippen MR) is 176 cm³/mol. The Morgan fingerprint density at radius 1 is 0.750 bits per heavy atom. The SMILES string of the molecule is CCc1ccccc1N(CC(=O)N(Cc1ccccc1)[C@H](Cc1ccccc1)C(=O)NC(C)(C)C)S(=O)(=O)c1ccccc1. The van der Waals surface area contributed by atoms with Crippen molar-refractivity contribution in [2.75, 3.05) is 10.8 Å². The quantitative estimate of drug-likeness (QED) is 0.213. The van der Waals surface area contributed by atoms with Crippen molar-refractivity contribution in [3.05, 3.63) is 132 Å². The summed E-state index contributed by atoms with van der Waals surface area (Å²) in [5, 5.41) is 3.06. The number of nitrogens with one attached hydrogen (secondary N) is 1. The summed E-state index contributed by atoms with van der Waals surface area (Å²) in [6, 6.07) is 33.4. The number of aryl methyl sites for hydroxylation is 1.